The van der Waals surface area contributed by atoms with Crippen LogP contribution in [0.25, 0.3) is 0 Å². The lowest BCUT2D eigenvalue weighted by Crippen LogP contribution is -2.58. The second kappa shape index (κ2) is 5.35. The summed E-state index contributed by atoms with van der Waals surface area (Å²) < 4.78 is 0. The molecule has 4 bridgehead atoms. The van der Waals surface area contributed by atoms with E-state index in [1.807, 2.05) is 0 Å². The number of hydrogen-bond donors (Lipinski definition) is 3. The van der Waals surface area contributed by atoms with E-state index < -0.39 is 12.0 Å². The van der Waals surface area contributed by atoms with Gasteiger partial charge in [0.05, 0.1) is 6.04 Å². The quantitative estimate of drug-likeness (QED) is 0.703. The third-order valence-corrected chi connectivity index (χ3v) is 5.54. The fourth-order valence-corrected chi connectivity index (χ4v) is 4.84. The highest BCUT2D eigenvalue weighted by atomic mass is 16.4. The predicted molar refractivity (Wildman–Crippen MR) is 73.8 cm³/mol. The zero-order chi connectivity index (χ0) is 14.3. The molecule has 4 rings (SSSR count). The fraction of sp³-hybridized carbons (Fsp3) is 0.867. The first-order chi connectivity index (χ1) is 9.52. The third kappa shape index (κ3) is 2.68. The average Bonchev–Trinajstić information content (AvgIpc) is 2.39. The van der Waals surface area contributed by atoms with Crippen molar-refractivity contribution in [2.75, 3.05) is 0 Å². The summed E-state index contributed by atoms with van der Waals surface area (Å²) in [6.07, 6.45) is 6.58. The van der Waals surface area contributed by atoms with Gasteiger partial charge in [-0.15, -0.1) is 0 Å². The monoisotopic (exact) mass is 280 g/mol. The van der Waals surface area contributed by atoms with Gasteiger partial charge >= 0.3 is 5.97 Å². The number of carbonyl (C=O) groups excluding carboxylic acids is 1. The molecule has 5 heteroatoms. The molecule has 0 aliphatic heterocycles. The molecule has 0 aromatic carbocycles. The number of carboxylic acid groups (broad SMARTS) is 1. The molecule has 20 heavy (non-hydrogen) atoms. The first kappa shape index (κ1) is 13.9. The highest BCUT2D eigenvalue weighted by Gasteiger charge is 2.48. The van der Waals surface area contributed by atoms with Gasteiger partial charge < -0.3 is 16.2 Å². The Morgan fingerprint density at radius 1 is 1.10 bits per heavy atom. The number of carboxylic acids is 1. The Hall–Kier alpha value is -1.10. The van der Waals surface area contributed by atoms with Crippen molar-refractivity contribution in [2.24, 2.45) is 29.4 Å². The van der Waals surface area contributed by atoms with Gasteiger partial charge in [0.25, 0.3) is 0 Å². The number of carbonyl (C=O) groups is 2. The van der Waals surface area contributed by atoms with Crippen molar-refractivity contribution in [1.82, 2.24) is 5.32 Å². The van der Waals surface area contributed by atoms with Crippen molar-refractivity contribution in [2.45, 2.75) is 57.0 Å². The minimum Gasteiger partial charge on any atom is -0.481 e. The molecule has 1 atom stereocenters. The molecular weight excluding hydrogens is 256 g/mol. The van der Waals surface area contributed by atoms with E-state index in [9.17, 15) is 9.59 Å². The fourth-order valence-electron chi connectivity index (χ4n) is 4.84. The Labute approximate surface area is 119 Å². The molecule has 4 fully saturated rings. The number of rotatable bonds is 5. The molecule has 0 heterocycles. The summed E-state index contributed by atoms with van der Waals surface area (Å²) in [5.74, 6) is 1.95. The van der Waals surface area contributed by atoms with E-state index in [-0.39, 0.29) is 24.8 Å². The Morgan fingerprint density at radius 2 is 1.65 bits per heavy atom. The van der Waals surface area contributed by atoms with Gasteiger partial charge in [0.2, 0.25) is 5.91 Å². The molecule has 0 aromatic heterocycles. The molecular formula is C15H24N2O3. The highest BCUT2D eigenvalue weighted by molar-refractivity contribution is 5.82. The molecule has 5 nitrogen and oxygen atoms in total. The van der Waals surface area contributed by atoms with Gasteiger partial charge in [0.1, 0.15) is 0 Å². The summed E-state index contributed by atoms with van der Waals surface area (Å²) in [6, 6.07) is -0.408. The molecule has 1 amide bonds. The molecule has 0 saturated heterocycles. The van der Waals surface area contributed by atoms with Crippen LogP contribution in [-0.2, 0) is 9.59 Å². The van der Waals surface area contributed by atoms with E-state index in [0.29, 0.717) is 11.8 Å². The lowest BCUT2D eigenvalue weighted by Gasteiger charge is -2.54. The van der Waals surface area contributed by atoms with Crippen LogP contribution < -0.4 is 11.1 Å². The molecule has 0 radical (unpaired) electrons. The van der Waals surface area contributed by atoms with E-state index in [1.165, 1.54) is 32.1 Å². The van der Waals surface area contributed by atoms with Crippen molar-refractivity contribution in [3.63, 3.8) is 0 Å². The summed E-state index contributed by atoms with van der Waals surface area (Å²) in [6.45, 7) is 0. The number of nitrogens with one attached hydrogen (secondary N) is 1. The Morgan fingerprint density at radius 3 is 2.15 bits per heavy atom. The van der Waals surface area contributed by atoms with E-state index >= 15 is 0 Å². The molecule has 0 spiro atoms. The van der Waals surface area contributed by atoms with E-state index in [4.69, 9.17) is 10.8 Å². The van der Waals surface area contributed by atoms with Gasteiger partial charge in [-0.3, -0.25) is 9.59 Å². The lowest BCUT2D eigenvalue weighted by atomic mass is 9.54. The summed E-state index contributed by atoms with van der Waals surface area (Å²) in [7, 11) is 0. The predicted octanol–water partition coefficient (Wildman–Crippen LogP) is 1.12. The molecule has 1 unspecified atom stereocenters. The molecule has 4 aliphatic rings. The number of amides is 1. The maximum absolute atomic E-state index is 12.1. The number of aliphatic carboxylic acids is 1. The summed E-state index contributed by atoms with van der Waals surface area (Å²) in [5.41, 5.74) is 5.79. The van der Waals surface area contributed by atoms with Gasteiger partial charge in [-0.05, 0) is 62.2 Å². The van der Waals surface area contributed by atoms with Crippen LogP contribution in [-0.4, -0.2) is 29.1 Å². The first-order valence-corrected chi connectivity index (χ1v) is 7.80. The molecule has 4 aliphatic carbocycles. The van der Waals surface area contributed by atoms with Crippen LogP contribution >= 0.6 is 0 Å². The zero-order valence-electron chi connectivity index (χ0n) is 11.8. The smallest absolute Gasteiger partial charge is 0.303 e. The number of hydrogen-bond acceptors (Lipinski definition) is 3. The van der Waals surface area contributed by atoms with E-state index in [2.05, 4.69) is 5.32 Å². The van der Waals surface area contributed by atoms with Crippen LogP contribution in [0.3, 0.4) is 0 Å². The molecule has 0 aromatic rings. The first-order valence-electron chi connectivity index (χ1n) is 7.80. The minimum atomic E-state index is -0.900. The Balaban J connectivity index is 1.55. The van der Waals surface area contributed by atoms with Crippen LogP contribution in [0.5, 0.6) is 0 Å². The Kier molecular flexibility index (Phi) is 3.71. The van der Waals surface area contributed by atoms with Gasteiger partial charge in [0.15, 0.2) is 0 Å². The van der Waals surface area contributed by atoms with Crippen LogP contribution in [0.15, 0.2) is 0 Å². The maximum atomic E-state index is 12.1. The van der Waals surface area contributed by atoms with E-state index in [0.717, 1.165) is 11.8 Å². The third-order valence-electron chi connectivity index (χ3n) is 5.54. The highest BCUT2D eigenvalue weighted by Crippen LogP contribution is 2.53. The largest absolute Gasteiger partial charge is 0.481 e. The van der Waals surface area contributed by atoms with Crippen molar-refractivity contribution < 1.29 is 14.7 Å². The van der Waals surface area contributed by atoms with Gasteiger partial charge in [-0.1, -0.05) is 0 Å². The normalized spacial score (nSPS) is 39.5. The standard InChI is InChI=1S/C15H24N2O3/c16-12(1-2-13(18)19)15(20)17-14-10-4-8-3-9(6-10)7-11(14)5-8/h8-12,14H,1-7,16H2,(H,17,20)(H,18,19). The summed E-state index contributed by atoms with van der Waals surface area (Å²) in [4.78, 5) is 22.6. The van der Waals surface area contributed by atoms with Crippen LogP contribution in [0.1, 0.15) is 44.9 Å². The maximum Gasteiger partial charge on any atom is 0.303 e. The van der Waals surface area contributed by atoms with Crippen molar-refractivity contribution in [1.29, 1.82) is 0 Å². The van der Waals surface area contributed by atoms with Crippen LogP contribution in [0.2, 0.25) is 0 Å². The SMILES string of the molecule is NC(CCC(=O)O)C(=O)NC1C2CC3CC(C2)CC1C3. The van der Waals surface area contributed by atoms with Gasteiger partial charge in [-0.2, -0.15) is 0 Å². The van der Waals surface area contributed by atoms with Crippen LogP contribution in [0.4, 0.5) is 0 Å². The minimum absolute atomic E-state index is 0.0454. The van der Waals surface area contributed by atoms with Crippen LogP contribution in [0, 0.1) is 23.7 Å². The molecule has 112 valence electrons. The average molecular weight is 280 g/mol. The lowest BCUT2D eigenvalue weighted by molar-refractivity contribution is -0.137. The van der Waals surface area contributed by atoms with Crippen molar-refractivity contribution in [3.05, 3.63) is 0 Å². The summed E-state index contributed by atoms with van der Waals surface area (Å²) >= 11 is 0. The number of nitrogens with two attached hydrogens (primary N) is 1. The van der Waals surface area contributed by atoms with Crippen molar-refractivity contribution >= 4 is 11.9 Å². The molecule has 4 N–H and O–H groups in total. The second-order valence-electron chi connectivity index (χ2n) is 7.00. The second-order valence-corrected chi connectivity index (χ2v) is 7.00. The van der Waals surface area contributed by atoms with Crippen molar-refractivity contribution in [3.8, 4) is 0 Å². The summed E-state index contributed by atoms with van der Waals surface area (Å²) in [5, 5.41) is 11.8. The topological polar surface area (TPSA) is 92.4 Å². The van der Waals surface area contributed by atoms with Gasteiger partial charge in [0, 0.05) is 12.5 Å². The van der Waals surface area contributed by atoms with E-state index in [1.54, 1.807) is 0 Å². The van der Waals surface area contributed by atoms with Gasteiger partial charge in [-0.25, -0.2) is 0 Å². The Bertz CT molecular complexity index is 382. The molecule has 4 saturated carbocycles. The zero-order valence-corrected chi connectivity index (χ0v) is 11.8.